The van der Waals surface area contributed by atoms with E-state index in [4.69, 9.17) is 10.5 Å². The minimum atomic E-state index is -4.53. The van der Waals surface area contributed by atoms with Crippen molar-refractivity contribution in [2.45, 2.75) is 32.2 Å². The molecule has 0 atom stereocenters. The van der Waals surface area contributed by atoms with Gasteiger partial charge in [-0.05, 0) is 54.3 Å². The van der Waals surface area contributed by atoms with Crippen molar-refractivity contribution in [1.29, 1.82) is 0 Å². The van der Waals surface area contributed by atoms with Crippen molar-refractivity contribution in [3.05, 3.63) is 64.8 Å². The average Bonchev–Trinajstić information content (AvgIpc) is 3.67. The topological polar surface area (TPSA) is 107 Å². The number of halogens is 3. The van der Waals surface area contributed by atoms with E-state index in [9.17, 15) is 22.8 Å². The van der Waals surface area contributed by atoms with E-state index in [1.807, 2.05) is 0 Å². The number of nitrogens with two attached hydrogens (primary N) is 1. The zero-order valence-electron chi connectivity index (χ0n) is 21.6. The largest absolute Gasteiger partial charge is 0.416 e. The number of rotatable bonds is 6. The number of fused-ring (bicyclic) bond motifs is 3. The van der Waals surface area contributed by atoms with Gasteiger partial charge in [0.1, 0.15) is 5.82 Å². The molecule has 1 saturated carbocycles. The average molecular weight is 541 g/mol. The van der Waals surface area contributed by atoms with Crippen molar-refractivity contribution in [2.75, 3.05) is 19.9 Å². The van der Waals surface area contributed by atoms with E-state index < -0.39 is 17.6 Å². The molecular formula is C27H27F3N6O3. The monoisotopic (exact) mass is 540 g/mol. The second-order valence-electron chi connectivity index (χ2n) is 9.67. The first-order valence-electron chi connectivity index (χ1n) is 12.3. The second-order valence-corrected chi connectivity index (χ2v) is 9.67. The number of benzene rings is 2. The number of alkyl halides is 3. The fourth-order valence-electron chi connectivity index (χ4n) is 4.67. The minimum Gasteiger partial charge on any atom is -0.383 e. The van der Waals surface area contributed by atoms with Gasteiger partial charge >= 0.3 is 6.18 Å². The molecule has 2 N–H and O–H groups in total. The Morgan fingerprint density at radius 1 is 1.13 bits per heavy atom. The summed E-state index contributed by atoms with van der Waals surface area (Å²) in [6.07, 6.45) is -1.49. The van der Waals surface area contributed by atoms with Gasteiger partial charge in [-0.2, -0.15) is 18.3 Å². The van der Waals surface area contributed by atoms with Crippen LogP contribution in [0, 0.1) is 5.92 Å². The zero-order chi connectivity index (χ0) is 28.1. The summed E-state index contributed by atoms with van der Waals surface area (Å²) in [7, 11) is 4.64. The van der Waals surface area contributed by atoms with Gasteiger partial charge in [0.15, 0.2) is 0 Å². The van der Waals surface area contributed by atoms with Crippen LogP contribution in [0.5, 0.6) is 0 Å². The number of hydrogen-bond donors (Lipinski definition) is 1. The van der Waals surface area contributed by atoms with E-state index in [1.54, 1.807) is 36.1 Å². The van der Waals surface area contributed by atoms with Gasteiger partial charge in [0.05, 0.1) is 41.3 Å². The highest BCUT2D eigenvalue weighted by atomic mass is 19.4. The number of hydrogen-bond acceptors (Lipinski definition) is 6. The summed E-state index contributed by atoms with van der Waals surface area (Å²) in [5.41, 5.74) is 7.51. The van der Waals surface area contributed by atoms with Gasteiger partial charge in [-0.1, -0.05) is 6.07 Å². The van der Waals surface area contributed by atoms with Crippen LogP contribution in [0.2, 0.25) is 0 Å². The van der Waals surface area contributed by atoms with Crippen LogP contribution in [0.25, 0.3) is 21.8 Å². The van der Waals surface area contributed by atoms with Gasteiger partial charge in [0, 0.05) is 38.1 Å². The van der Waals surface area contributed by atoms with E-state index in [1.165, 1.54) is 30.2 Å². The van der Waals surface area contributed by atoms with Crippen LogP contribution in [-0.4, -0.2) is 50.8 Å². The smallest absolute Gasteiger partial charge is 0.383 e. The number of methoxy groups -OCH3 is 1. The van der Waals surface area contributed by atoms with Crippen molar-refractivity contribution >= 4 is 39.4 Å². The zero-order valence-corrected chi connectivity index (χ0v) is 21.6. The lowest BCUT2D eigenvalue weighted by molar-refractivity contribution is -0.144. The first-order chi connectivity index (χ1) is 18.5. The Bertz CT molecular complexity index is 1600. The van der Waals surface area contributed by atoms with Gasteiger partial charge < -0.3 is 10.5 Å². The molecule has 1 aliphatic rings. The third-order valence-electron chi connectivity index (χ3n) is 6.95. The Morgan fingerprint density at radius 2 is 1.87 bits per heavy atom. The summed E-state index contributed by atoms with van der Waals surface area (Å²) in [5, 5.41) is 8.07. The fraction of sp³-hybridized carbons (Fsp3) is 0.333. The minimum absolute atomic E-state index is 0.0941. The van der Waals surface area contributed by atoms with E-state index in [0.29, 0.717) is 33.2 Å². The standard InChI is InChI=1S/C27H27F3N6O3/c1-34-23-20-11-16(7-9-22(20)33-24(31)21(23)12-32-34)26(38)36(35(2)25(37)15-4-5-15)13-17-6-8-19(27(28,29)30)10-18(17)14-39-3/h6-12,15H,4-5,13-14H2,1-3H3,(H2,31,33). The van der Waals surface area contributed by atoms with Crippen LogP contribution in [-0.2, 0) is 35.9 Å². The molecule has 2 amide bonds. The Morgan fingerprint density at radius 3 is 2.54 bits per heavy atom. The van der Waals surface area contributed by atoms with E-state index in [-0.39, 0.29) is 36.1 Å². The molecule has 0 radical (unpaired) electrons. The van der Waals surface area contributed by atoms with Crippen molar-refractivity contribution in [3.63, 3.8) is 0 Å². The molecule has 1 aliphatic carbocycles. The SMILES string of the molecule is COCc1cc(C(F)(F)F)ccc1CN(C(=O)c1ccc2nc(N)c3cnn(C)c3c2c1)N(C)C(=O)C1CC1. The number of carbonyl (C=O) groups is 2. The van der Waals surface area contributed by atoms with Crippen LogP contribution in [0.1, 0.15) is 39.9 Å². The van der Waals surface area contributed by atoms with E-state index in [0.717, 1.165) is 25.0 Å². The first-order valence-corrected chi connectivity index (χ1v) is 12.3. The third kappa shape index (κ3) is 4.99. The molecule has 0 bridgehead atoms. The second kappa shape index (κ2) is 9.84. The quantitative estimate of drug-likeness (QED) is 0.366. The number of hydrazine groups is 1. The highest BCUT2D eigenvalue weighted by Crippen LogP contribution is 2.34. The van der Waals surface area contributed by atoms with Gasteiger partial charge in [-0.25, -0.2) is 9.99 Å². The molecule has 0 aliphatic heterocycles. The summed E-state index contributed by atoms with van der Waals surface area (Å²) in [6, 6.07) is 8.21. The molecule has 2 heterocycles. The van der Waals surface area contributed by atoms with Crippen molar-refractivity contribution in [1.82, 2.24) is 24.8 Å². The molecule has 5 rings (SSSR count). The predicted octanol–water partition coefficient (Wildman–Crippen LogP) is 4.29. The van der Waals surface area contributed by atoms with Crippen LogP contribution in [0.15, 0.2) is 42.6 Å². The number of nitrogens with zero attached hydrogens (tertiary/aromatic N) is 5. The Balaban J connectivity index is 1.58. The lowest BCUT2D eigenvalue weighted by Crippen LogP contribution is -2.47. The fourth-order valence-corrected chi connectivity index (χ4v) is 4.67. The predicted molar refractivity (Wildman–Crippen MR) is 138 cm³/mol. The maximum Gasteiger partial charge on any atom is 0.416 e. The number of aromatic nitrogens is 3. The summed E-state index contributed by atoms with van der Waals surface area (Å²) in [6.45, 7) is -0.229. The van der Waals surface area contributed by atoms with Crippen LogP contribution in [0.3, 0.4) is 0 Å². The maximum atomic E-state index is 14.0. The molecule has 2 aromatic carbocycles. The first kappa shape index (κ1) is 26.4. The summed E-state index contributed by atoms with van der Waals surface area (Å²) in [4.78, 5) is 31.4. The maximum absolute atomic E-state index is 14.0. The lowest BCUT2D eigenvalue weighted by atomic mass is 10.0. The third-order valence-corrected chi connectivity index (χ3v) is 6.95. The summed E-state index contributed by atoms with van der Waals surface area (Å²) >= 11 is 0. The van der Waals surface area contributed by atoms with Gasteiger partial charge in [0.25, 0.3) is 5.91 Å². The van der Waals surface area contributed by atoms with Gasteiger partial charge in [-0.3, -0.25) is 19.3 Å². The lowest BCUT2D eigenvalue weighted by Gasteiger charge is -2.33. The number of amides is 2. The molecule has 12 heteroatoms. The molecule has 0 unspecified atom stereocenters. The van der Waals surface area contributed by atoms with Crippen LogP contribution in [0.4, 0.5) is 19.0 Å². The molecule has 0 saturated heterocycles. The van der Waals surface area contributed by atoms with Gasteiger partial charge in [0.2, 0.25) is 5.91 Å². The van der Waals surface area contributed by atoms with Crippen LogP contribution >= 0.6 is 0 Å². The molecule has 204 valence electrons. The van der Waals surface area contributed by atoms with Crippen molar-refractivity contribution in [3.8, 4) is 0 Å². The molecule has 2 aromatic heterocycles. The summed E-state index contributed by atoms with van der Waals surface area (Å²) < 4.78 is 46.9. The number of carbonyl (C=O) groups excluding carboxylic acids is 2. The number of nitrogen functional groups attached to an aromatic ring is 1. The Hall–Kier alpha value is -4.19. The Labute approximate surface area is 221 Å². The highest BCUT2D eigenvalue weighted by molar-refractivity contribution is 6.10. The van der Waals surface area contributed by atoms with Crippen LogP contribution < -0.4 is 5.73 Å². The summed E-state index contributed by atoms with van der Waals surface area (Å²) in [5.74, 6) is -0.597. The number of aryl methyl sites for hydroxylation is 1. The normalized spacial score (nSPS) is 13.7. The number of pyridine rings is 1. The van der Waals surface area contributed by atoms with E-state index in [2.05, 4.69) is 10.1 Å². The molecule has 9 nitrogen and oxygen atoms in total. The number of ether oxygens (including phenoxy) is 1. The number of anilines is 1. The highest BCUT2D eigenvalue weighted by Gasteiger charge is 2.36. The van der Waals surface area contributed by atoms with Crippen molar-refractivity contribution in [2.24, 2.45) is 13.0 Å². The molecule has 39 heavy (non-hydrogen) atoms. The molecule has 0 spiro atoms. The van der Waals surface area contributed by atoms with Gasteiger partial charge in [-0.15, -0.1) is 0 Å². The molecular weight excluding hydrogens is 513 g/mol. The molecule has 4 aromatic rings. The Kier molecular flexibility index (Phi) is 6.67. The molecule has 1 fully saturated rings. The van der Waals surface area contributed by atoms with E-state index >= 15 is 0 Å². The van der Waals surface area contributed by atoms with Crippen molar-refractivity contribution < 1.29 is 27.5 Å².